The number of benzene rings is 1. The summed E-state index contributed by atoms with van der Waals surface area (Å²) in [6.45, 7) is 8.49. The van der Waals surface area contributed by atoms with E-state index in [-0.39, 0.29) is 22.9 Å². The lowest BCUT2D eigenvalue weighted by Crippen LogP contribution is -2.43. The molecule has 8 nitrogen and oxygen atoms in total. The van der Waals surface area contributed by atoms with Crippen LogP contribution >= 0.6 is 0 Å². The van der Waals surface area contributed by atoms with Gasteiger partial charge in [0.05, 0.1) is 31.1 Å². The van der Waals surface area contributed by atoms with Crippen LogP contribution in [0.4, 0.5) is 5.69 Å². The molecule has 0 bridgehead atoms. The monoisotopic (exact) mass is 385 g/mol. The second-order valence-corrected chi connectivity index (χ2v) is 7.10. The molecule has 3 rings (SSSR count). The zero-order chi connectivity index (χ0) is 20.6. The molecule has 1 atom stereocenters. The summed E-state index contributed by atoms with van der Waals surface area (Å²) < 4.78 is 10.7. The summed E-state index contributed by atoms with van der Waals surface area (Å²) in [6, 6.07) is 7.94. The normalized spacial score (nSPS) is 21.6. The summed E-state index contributed by atoms with van der Waals surface area (Å²) in [7, 11) is 0. The third-order valence-electron chi connectivity index (χ3n) is 4.82. The Morgan fingerprint density at radius 3 is 2.46 bits per heavy atom. The van der Waals surface area contributed by atoms with E-state index < -0.39 is 5.91 Å². The Hall–Kier alpha value is -2.89. The van der Waals surface area contributed by atoms with Gasteiger partial charge in [-0.05, 0) is 30.5 Å². The van der Waals surface area contributed by atoms with Crippen LogP contribution in [-0.4, -0.2) is 44.2 Å². The predicted molar refractivity (Wildman–Crippen MR) is 107 cm³/mol. The number of amidine groups is 1. The van der Waals surface area contributed by atoms with Crippen molar-refractivity contribution in [2.24, 2.45) is 16.5 Å². The van der Waals surface area contributed by atoms with Gasteiger partial charge in [-0.25, -0.2) is 10.3 Å². The smallest absolute Gasteiger partial charge is 0.253 e. The Bertz CT molecular complexity index is 745. The molecule has 1 aromatic carbocycles. The van der Waals surface area contributed by atoms with Gasteiger partial charge in [-0.3, -0.25) is 4.79 Å². The standard InChI is InChI=1S/C19H26N4O3.CHN/c1-19(11-26-12-19)13-4-6-14(7-5-13)23-17(20)16(18(21)24)9-22-15-3-2-8-25-10-15;1-2/h4-7,9,15,22H,2-3,8,10-12H2,1H3,(H2,20,23)(H2,21,24);1H/b16-9+;. The first-order valence-electron chi connectivity index (χ1n) is 9.10. The molecular formula is C20H27N5O3. The number of nitriles is 1. The molecule has 1 aromatic rings. The molecule has 2 fully saturated rings. The molecule has 2 saturated heterocycles. The topological polar surface area (TPSA) is 136 Å². The molecular weight excluding hydrogens is 358 g/mol. The number of hydrogen-bond donors (Lipinski definition) is 3. The van der Waals surface area contributed by atoms with E-state index in [2.05, 4.69) is 23.8 Å². The summed E-state index contributed by atoms with van der Waals surface area (Å²) in [5, 5.41) is 9.65. The molecule has 8 heteroatoms. The molecule has 2 aliphatic rings. The molecule has 1 unspecified atom stereocenters. The Kier molecular flexibility index (Phi) is 7.55. The van der Waals surface area contributed by atoms with E-state index in [1.807, 2.05) is 24.3 Å². The Balaban J connectivity index is 0.00000136. The van der Waals surface area contributed by atoms with Crippen molar-refractivity contribution in [3.8, 4) is 6.57 Å². The molecule has 0 saturated carbocycles. The van der Waals surface area contributed by atoms with Crippen molar-refractivity contribution in [3.63, 3.8) is 0 Å². The fourth-order valence-electron chi connectivity index (χ4n) is 3.06. The first-order chi connectivity index (χ1) is 13.5. The number of carbonyl (C=O) groups excluding carboxylic acids is 1. The van der Waals surface area contributed by atoms with Crippen LogP contribution in [0, 0.1) is 11.8 Å². The van der Waals surface area contributed by atoms with Crippen molar-refractivity contribution >= 4 is 17.4 Å². The van der Waals surface area contributed by atoms with E-state index in [9.17, 15) is 4.79 Å². The van der Waals surface area contributed by atoms with Gasteiger partial charge in [-0.15, -0.1) is 0 Å². The number of nitrogens with zero attached hydrogens (tertiary/aromatic N) is 2. The molecule has 2 heterocycles. The molecule has 0 aromatic heterocycles. The van der Waals surface area contributed by atoms with Crippen LogP contribution in [0.5, 0.6) is 0 Å². The number of nitrogens with two attached hydrogens (primary N) is 2. The van der Waals surface area contributed by atoms with E-state index >= 15 is 0 Å². The third kappa shape index (κ3) is 5.31. The fourth-order valence-corrected chi connectivity index (χ4v) is 3.06. The van der Waals surface area contributed by atoms with Crippen LogP contribution in [0.2, 0.25) is 0 Å². The number of aliphatic imine (C=N–C) groups is 1. The van der Waals surface area contributed by atoms with Crippen molar-refractivity contribution < 1.29 is 14.3 Å². The van der Waals surface area contributed by atoms with E-state index in [0.29, 0.717) is 12.3 Å². The fraction of sp³-hybridized carbons (Fsp3) is 0.450. The SMILES string of the molecule is C#N.CC1(c2ccc(N=C(N)/C(=C\NC3CCCOC3)C(N)=O)cc2)COC1. The minimum Gasteiger partial charge on any atom is -0.385 e. The van der Waals surface area contributed by atoms with Crippen LogP contribution in [0.15, 0.2) is 41.0 Å². The Morgan fingerprint density at radius 1 is 1.29 bits per heavy atom. The highest BCUT2D eigenvalue weighted by atomic mass is 16.5. The minimum absolute atomic E-state index is 0.0675. The highest BCUT2D eigenvalue weighted by Gasteiger charge is 2.34. The first kappa shape index (κ1) is 21.4. The molecule has 2 aliphatic heterocycles. The molecule has 150 valence electrons. The summed E-state index contributed by atoms with van der Waals surface area (Å²) in [6.07, 6.45) is 3.50. The molecule has 1 amide bonds. The number of nitrogens with one attached hydrogen (secondary N) is 1. The van der Waals surface area contributed by atoms with E-state index in [1.54, 1.807) is 6.20 Å². The van der Waals surface area contributed by atoms with Crippen molar-refractivity contribution in [3.05, 3.63) is 41.6 Å². The van der Waals surface area contributed by atoms with Crippen molar-refractivity contribution in [2.45, 2.75) is 31.2 Å². The van der Waals surface area contributed by atoms with E-state index in [1.165, 1.54) is 5.56 Å². The van der Waals surface area contributed by atoms with E-state index in [0.717, 1.165) is 32.7 Å². The number of carbonyl (C=O) groups is 1. The maximum Gasteiger partial charge on any atom is 0.253 e. The third-order valence-corrected chi connectivity index (χ3v) is 4.82. The highest BCUT2D eigenvalue weighted by molar-refractivity contribution is 6.20. The largest absolute Gasteiger partial charge is 0.385 e. The van der Waals surface area contributed by atoms with Gasteiger partial charge in [0.25, 0.3) is 5.91 Å². The second kappa shape index (κ2) is 9.88. The molecule has 0 aliphatic carbocycles. The van der Waals surface area contributed by atoms with Crippen LogP contribution < -0.4 is 16.8 Å². The first-order valence-corrected chi connectivity index (χ1v) is 9.10. The quantitative estimate of drug-likeness (QED) is 0.383. The predicted octanol–water partition coefficient (Wildman–Crippen LogP) is 1.24. The number of ether oxygens (including phenoxy) is 2. The van der Waals surface area contributed by atoms with Gasteiger partial charge < -0.3 is 26.3 Å². The van der Waals surface area contributed by atoms with Crippen LogP contribution in [0.3, 0.4) is 0 Å². The Labute approximate surface area is 165 Å². The average Bonchev–Trinajstić information content (AvgIpc) is 2.69. The average molecular weight is 385 g/mol. The molecule has 0 spiro atoms. The van der Waals surface area contributed by atoms with Gasteiger partial charge in [-0.2, -0.15) is 0 Å². The van der Waals surface area contributed by atoms with Crippen LogP contribution in [0.25, 0.3) is 0 Å². The summed E-state index contributed by atoms with van der Waals surface area (Å²) in [5.74, 6) is -0.529. The van der Waals surface area contributed by atoms with Gasteiger partial charge in [-0.1, -0.05) is 19.1 Å². The van der Waals surface area contributed by atoms with E-state index in [4.69, 9.17) is 26.2 Å². The zero-order valence-corrected chi connectivity index (χ0v) is 16.1. The van der Waals surface area contributed by atoms with Gasteiger partial charge in [0.2, 0.25) is 0 Å². The number of rotatable bonds is 6. The van der Waals surface area contributed by atoms with Crippen molar-refractivity contribution in [2.75, 3.05) is 26.4 Å². The number of amides is 1. The zero-order valence-electron chi connectivity index (χ0n) is 16.1. The molecule has 28 heavy (non-hydrogen) atoms. The Morgan fingerprint density at radius 2 is 1.96 bits per heavy atom. The van der Waals surface area contributed by atoms with Gasteiger partial charge in [0.15, 0.2) is 0 Å². The maximum atomic E-state index is 11.7. The van der Waals surface area contributed by atoms with Gasteiger partial charge >= 0.3 is 0 Å². The lowest BCUT2D eigenvalue weighted by molar-refractivity contribution is -0.114. The minimum atomic E-state index is -0.619. The maximum absolute atomic E-state index is 11.7. The number of primary amides is 1. The number of hydrogen-bond acceptors (Lipinski definition) is 6. The van der Waals surface area contributed by atoms with Crippen molar-refractivity contribution in [1.29, 1.82) is 5.26 Å². The molecule has 5 N–H and O–H groups in total. The van der Waals surface area contributed by atoms with Gasteiger partial charge in [0.1, 0.15) is 5.84 Å². The molecule has 0 radical (unpaired) electrons. The van der Waals surface area contributed by atoms with Crippen LogP contribution in [0.1, 0.15) is 25.3 Å². The van der Waals surface area contributed by atoms with Gasteiger partial charge in [0, 0.05) is 30.8 Å². The second-order valence-electron chi connectivity index (χ2n) is 7.10. The summed E-state index contributed by atoms with van der Waals surface area (Å²) in [5.41, 5.74) is 13.6. The summed E-state index contributed by atoms with van der Waals surface area (Å²) in [4.78, 5) is 16.1. The lowest BCUT2D eigenvalue weighted by Gasteiger charge is -2.38. The highest BCUT2D eigenvalue weighted by Crippen LogP contribution is 2.32. The lowest BCUT2D eigenvalue weighted by atomic mass is 9.81. The van der Waals surface area contributed by atoms with Crippen LogP contribution in [-0.2, 0) is 19.7 Å². The van der Waals surface area contributed by atoms with Crippen molar-refractivity contribution in [1.82, 2.24) is 5.32 Å². The summed E-state index contributed by atoms with van der Waals surface area (Å²) >= 11 is 0.